The van der Waals surface area contributed by atoms with Gasteiger partial charge in [-0.05, 0) is 25.5 Å². The van der Waals surface area contributed by atoms with E-state index < -0.39 is 5.60 Å². The van der Waals surface area contributed by atoms with Gasteiger partial charge in [0, 0.05) is 26.2 Å². The first kappa shape index (κ1) is 18.4. The lowest BCUT2D eigenvalue weighted by Crippen LogP contribution is -2.55. The summed E-state index contributed by atoms with van der Waals surface area (Å²) < 4.78 is 11.5. The average molecular weight is 385 g/mol. The van der Waals surface area contributed by atoms with E-state index in [1.165, 1.54) is 6.20 Å². The molecular weight excluding hydrogens is 362 g/mol. The van der Waals surface area contributed by atoms with E-state index in [1.54, 1.807) is 35.8 Å². The van der Waals surface area contributed by atoms with Crippen molar-refractivity contribution >= 4 is 17.6 Å². The third-order valence-electron chi connectivity index (χ3n) is 5.27. The van der Waals surface area contributed by atoms with Crippen molar-refractivity contribution in [3.8, 4) is 0 Å². The van der Waals surface area contributed by atoms with Gasteiger partial charge in [0.2, 0.25) is 5.76 Å². The minimum Gasteiger partial charge on any atom is -0.436 e. The van der Waals surface area contributed by atoms with Crippen molar-refractivity contribution in [2.45, 2.75) is 25.9 Å². The maximum Gasteiger partial charge on any atom is 0.291 e. The summed E-state index contributed by atoms with van der Waals surface area (Å²) in [6.45, 7) is 5.78. The summed E-state index contributed by atoms with van der Waals surface area (Å²) in [4.78, 5) is 37.3. The van der Waals surface area contributed by atoms with Gasteiger partial charge in [-0.2, -0.15) is 0 Å². The highest BCUT2D eigenvalue weighted by Gasteiger charge is 2.46. The van der Waals surface area contributed by atoms with Gasteiger partial charge in [-0.3, -0.25) is 9.59 Å². The van der Waals surface area contributed by atoms with Gasteiger partial charge >= 0.3 is 0 Å². The number of nitrogens with zero attached hydrogens (tertiary/aromatic N) is 4. The monoisotopic (exact) mass is 385 g/mol. The van der Waals surface area contributed by atoms with Gasteiger partial charge in [-0.25, -0.2) is 9.97 Å². The smallest absolute Gasteiger partial charge is 0.291 e. The van der Waals surface area contributed by atoms with E-state index in [1.807, 2.05) is 0 Å². The number of pyridine rings is 1. The van der Waals surface area contributed by atoms with E-state index in [0.29, 0.717) is 62.2 Å². The van der Waals surface area contributed by atoms with Crippen LogP contribution >= 0.6 is 0 Å². The number of carbonyl (C=O) groups is 2. The molecule has 4 heterocycles. The summed E-state index contributed by atoms with van der Waals surface area (Å²) in [5.74, 6) is 0.813. The summed E-state index contributed by atoms with van der Waals surface area (Å²) in [6, 6.07) is 3.29. The molecule has 1 unspecified atom stereocenters. The minimum atomic E-state index is -0.562. The molecule has 0 radical (unpaired) electrons. The topological polar surface area (TPSA) is 115 Å². The Labute approximate surface area is 162 Å². The van der Waals surface area contributed by atoms with Crippen LogP contribution < -0.4 is 5.73 Å². The van der Waals surface area contributed by atoms with Crippen molar-refractivity contribution < 1.29 is 18.7 Å². The summed E-state index contributed by atoms with van der Waals surface area (Å²) >= 11 is 0. The molecule has 9 nitrogen and oxygen atoms in total. The van der Waals surface area contributed by atoms with E-state index in [9.17, 15) is 9.59 Å². The highest BCUT2D eigenvalue weighted by atomic mass is 16.5. The molecule has 2 N–H and O–H groups in total. The molecule has 4 rings (SSSR count). The zero-order valence-corrected chi connectivity index (χ0v) is 16.0. The average Bonchev–Trinajstić information content (AvgIpc) is 3.24. The van der Waals surface area contributed by atoms with Crippen LogP contribution in [0.1, 0.15) is 38.9 Å². The Morgan fingerprint density at radius 2 is 1.89 bits per heavy atom. The summed E-state index contributed by atoms with van der Waals surface area (Å²) in [6.07, 6.45) is 2.15. The van der Waals surface area contributed by atoms with E-state index in [-0.39, 0.29) is 17.6 Å². The van der Waals surface area contributed by atoms with Crippen LogP contribution in [-0.2, 0) is 4.74 Å². The minimum absolute atomic E-state index is 0.110. The Balaban J connectivity index is 1.47. The molecule has 1 spiro atoms. The molecule has 2 amide bonds. The zero-order chi connectivity index (χ0) is 19.9. The molecule has 2 saturated heterocycles. The number of aromatic nitrogens is 2. The lowest BCUT2D eigenvalue weighted by atomic mass is 10.00. The predicted octanol–water partition coefficient (Wildman–Crippen LogP) is 1.03. The van der Waals surface area contributed by atoms with Gasteiger partial charge in [-0.15, -0.1) is 0 Å². The van der Waals surface area contributed by atoms with E-state index in [4.69, 9.17) is 14.9 Å². The maximum atomic E-state index is 12.8. The quantitative estimate of drug-likeness (QED) is 0.821. The highest BCUT2D eigenvalue weighted by molar-refractivity contribution is 5.94. The van der Waals surface area contributed by atoms with Crippen LogP contribution in [-0.4, -0.2) is 70.0 Å². The van der Waals surface area contributed by atoms with Gasteiger partial charge < -0.3 is 24.7 Å². The second-order valence-corrected chi connectivity index (χ2v) is 7.35. The molecule has 2 aromatic heterocycles. The van der Waals surface area contributed by atoms with Crippen molar-refractivity contribution in [1.82, 2.24) is 19.8 Å². The summed E-state index contributed by atoms with van der Waals surface area (Å²) in [7, 11) is 0. The molecule has 2 aromatic rings. The molecule has 0 aliphatic carbocycles. The molecule has 148 valence electrons. The lowest BCUT2D eigenvalue weighted by Gasteiger charge is -2.40. The number of hydrogen-bond donors (Lipinski definition) is 1. The summed E-state index contributed by atoms with van der Waals surface area (Å²) in [5.41, 5.74) is 6.11. The fraction of sp³-hybridized carbons (Fsp3) is 0.474. The molecule has 28 heavy (non-hydrogen) atoms. The molecule has 1 atom stereocenters. The van der Waals surface area contributed by atoms with Crippen molar-refractivity contribution in [2.75, 3.05) is 38.5 Å². The summed E-state index contributed by atoms with van der Waals surface area (Å²) in [5, 5.41) is 0. The number of aryl methyl sites for hydroxylation is 2. The fourth-order valence-electron chi connectivity index (χ4n) is 3.87. The normalized spacial score (nSPS) is 22.1. The molecule has 2 aliphatic rings. The van der Waals surface area contributed by atoms with Crippen molar-refractivity contribution in [3.63, 3.8) is 0 Å². The molecular formula is C19H23N5O4. The van der Waals surface area contributed by atoms with Gasteiger partial charge in [0.25, 0.3) is 11.8 Å². The lowest BCUT2D eigenvalue weighted by molar-refractivity contribution is -0.0905. The van der Waals surface area contributed by atoms with E-state index in [0.717, 1.165) is 0 Å². The second kappa shape index (κ2) is 6.90. The number of hydrogen-bond acceptors (Lipinski definition) is 7. The molecule has 2 aliphatic heterocycles. The number of morpholine rings is 1. The van der Waals surface area contributed by atoms with E-state index >= 15 is 0 Å². The Kier molecular flexibility index (Phi) is 4.54. The predicted molar refractivity (Wildman–Crippen MR) is 99.7 cm³/mol. The number of ether oxygens (including phenoxy) is 1. The van der Waals surface area contributed by atoms with Gasteiger partial charge in [0.15, 0.2) is 5.89 Å². The van der Waals surface area contributed by atoms with Gasteiger partial charge in [-0.1, -0.05) is 0 Å². The Hall–Kier alpha value is -2.94. The number of nitrogens with two attached hydrogens (primary N) is 1. The zero-order valence-electron chi connectivity index (χ0n) is 16.0. The number of carbonyl (C=O) groups excluding carboxylic acids is 2. The van der Waals surface area contributed by atoms with E-state index in [2.05, 4.69) is 9.97 Å². The molecule has 0 saturated carbocycles. The van der Waals surface area contributed by atoms with Crippen LogP contribution in [0.15, 0.2) is 22.7 Å². The number of rotatable bonds is 2. The van der Waals surface area contributed by atoms with Crippen LogP contribution in [0.4, 0.5) is 5.82 Å². The molecule has 0 bridgehead atoms. The number of likely N-dealkylation sites (tertiary alicyclic amines) is 1. The highest BCUT2D eigenvalue weighted by Crippen LogP contribution is 2.31. The second-order valence-electron chi connectivity index (χ2n) is 7.35. The number of anilines is 1. The van der Waals surface area contributed by atoms with Crippen molar-refractivity contribution in [2.24, 2.45) is 0 Å². The van der Waals surface area contributed by atoms with Crippen LogP contribution in [0, 0.1) is 13.8 Å². The largest absolute Gasteiger partial charge is 0.436 e. The Morgan fingerprint density at radius 1 is 1.14 bits per heavy atom. The maximum absolute atomic E-state index is 12.8. The number of amides is 2. The number of oxazole rings is 1. The van der Waals surface area contributed by atoms with Crippen LogP contribution in [0.5, 0.6) is 0 Å². The van der Waals surface area contributed by atoms with Crippen LogP contribution in [0.2, 0.25) is 0 Å². The first-order valence-electron chi connectivity index (χ1n) is 9.25. The van der Waals surface area contributed by atoms with Crippen molar-refractivity contribution in [3.05, 3.63) is 41.2 Å². The van der Waals surface area contributed by atoms with Crippen LogP contribution in [0.25, 0.3) is 0 Å². The third-order valence-corrected chi connectivity index (χ3v) is 5.27. The Bertz CT molecular complexity index is 910. The first-order valence-corrected chi connectivity index (χ1v) is 9.25. The standard InChI is InChI=1S/C19H23N5O4/c1-12-16(28-13(2)22-12)18(26)23-6-5-19(10-23)11-24(7-8-27-19)17(25)14-3-4-15(20)21-9-14/h3-4,9H,5-8,10-11H2,1-2H3,(H2,20,21). The molecule has 9 heteroatoms. The Morgan fingerprint density at radius 3 is 2.54 bits per heavy atom. The molecule has 2 fully saturated rings. The third kappa shape index (κ3) is 3.33. The van der Waals surface area contributed by atoms with Crippen LogP contribution in [0.3, 0.4) is 0 Å². The fourth-order valence-corrected chi connectivity index (χ4v) is 3.87. The van der Waals surface area contributed by atoms with Gasteiger partial charge in [0.05, 0.1) is 31.0 Å². The number of nitrogen functional groups attached to an aromatic ring is 1. The van der Waals surface area contributed by atoms with Gasteiger partial charge in [0.1, 0.15) is 11.4 Å². The molecule has 0 aromatic carbocycles. The SMILES string of the molecule is Cc1nc(C)c(C(=O)N2CCC3(CN(C(=O)c4ccc(N)nc4)CCO3)C2)o1. The van der Waals surface area contributed by atoms with Crippen molar-refractivity contribution in [1.29, 1.82) is 0 Å². The first-order chi connectivity index (χ1) is 13.4.